The van der Waals surface area contributed by atoms with E-state index in [0.29, 0.717) is 52.2 Å². The lowest BCUT2D eigenvalue weighted by molar-refractivity contribution is -0.126. The van der Waals surface area contributed by atoms with Crippen LogP contribution in [0.3, 0.4) is 0 Å². The van der Waals surface area contributed by atoms with Gasteiger partial charge in [-0.2, -0.15) is 0 Å². The largest absolute Gasteiger partial charge is 0.444 e. The summed E-state index contributed by atoms with van der Waals surface area (Å²) in [6.45, 7) is 8.94. The van der Waals surface area contributed by atoms with Gasteiger partial charge in [0.2, 0.25) is 5.91 Å². The highest BCUT2D eigenvalue weighted by Gasteiger charge is 2.21. The van der Waals surface area contributed by atoms with E-state index in [0.717, 1.165) is 0 Å². The van der Waals surface area contributed by atoms with Gasteiger partial charge in [-0.3, -0.25) is 9.59 Å². The van der Waals surface area contributed by atoms with Crippen LogP contribution in [0.2, 0.25) is 0 Å². The maximum absolute atomic E-state index is 11.8. The standard InChI is InChI=1S/C19H36N2O7/c1-15(22)16(21-18(24)28-19(2,3)4)8-6-7-9-20-17(23)14-27-13-12-26-11-10-25-5/h16H,6-14H2,1-5H3,(H,20,23)(H,21,24)/t16-/m0/s1. The lowest BCUT2D eigenvalue weighted by Gasteiger charge is -2.22. The number of carbonyl (C=O) groups is 3. The average Bonchev–Trinajstić information content (AvgIpc) is 2.57. The highest BCUT2D eigenvalue weighted by molar-refractivity contribution is 5.85. The van der Waals surface area contributed by atoms with Crippen LogP contribution < -0.4 is 10.6 Å². The van der Waals surface area contributed by atoms with Gasteiger partial charge >= 0.3 is 6.09 Å². The molecule has 0 aliphatic carbocycles. The van der Waals surface area contributed by atoms with E-state index in [2.05, 4.69) is 10.6 Å². The first kappa shape index (κ1) is 26.3. The van der Waals surface area contributed by atoms with Gasteiger partial charge in [-0.05, 0) is 47.0 Å². The monoisotopic (exact) mass is 404 g/mol. The predicted molar refractivity (Wildman–Crippen MR) is 104 cm³/mol. The van der Waals surface area contributed by atoms with Gasteiger partial charge in [0.15, 0.2) is 5.78 Å². The Kier molecular flexibility index (Phi) is 14.3. The number of methoxy groups -OCH3 is 1. The van der Waals surface area contributed by atoms with Crippen LogP contribution in [0.15, 0.2) is 0 Å². The molecule has 0 aliphatic rings. The zero-order valence-corrected chi connectivity index (χ0v) is 17.8. The molecule has 0 saturated heterocycles. The van der Waals surface area contributed by atoms with Crippen molar-refractivity contribution in [3.8, 4) is 0 Å². The van der Waals surface area contributed by atoms with Crippen LogP contribution in [-0.2, 0) is 28.5 Å². The topological polar surface area (TPSA) is 112 Å². The molecule has 0 spiro atoms. The van der Waals surface area contributed by atoms with Gasteiger partial charge in [0, 0.05) is 13.7 Å². The molecular formula is C19H36N2O7. The number of Topliss-reactive ketones (excluding diaryl/α,β-unsaturated/α-hetero) is 1. The predicted octanol–water partition coefficient (Wildman–Crippen LogP) is 1.43. The molecule has 1 atom stereocenters. The van der Waals surface area contributed by atoms with Crippen LogP contribution in [0, 0.1) is 0 Å². The van der Waals surface area contributed by atoms with Crippen molar-refractivity contribution in [3.63, 3.8) is 0 Å². The Labute approximate surface area is 167 Å². The highest BCUT2D eigenvalue weighted by atomic mass is 16.6. The number of hydrogen-bond acceptors (Lipinski definition) is 7. The molecule has 9 heteroatoms. The van der Waals surface area contributed by atoms with Crippen LogP contribution in [0.25, 0.3) is 0 Å². The van der Waals surface area contributed by atoms with Crippen molar-refractivity contribution in [2.24, 2.45) is 0 Å². The van der Waals surface area contributed by atoms with E-state index in [9.17, 15) is 14.4 Å². The molecular weight excluding hydrogens is 368 g/mol. The van der Waals surface area contributed by atoms with Crippen molar-refractivity contribution >= 4 is 17.8 Å². The number of ketones is 1. The second-order valence-corrected chi connectivity index (χ2v) is 7.31. The Morgan fingerprint density at radius 3 is 2.21 bits per heavy atom. The van der Waals surface area contributed by atoms with E-state index in [-0.39, 0.29) is 18.3 Å². The quantitative estimate of drug-likeness (QED) is 0.397. The van der Waals surface area contributed by atoms with E-state index in [1.165, 1.54) is 6.92 Å². The summed E-state index contributed by atoms with van der Waals surface area (Å²) in [6.07, 6.45) is 1.24. The first-order valence-corrected chi connectivity index (χ1v) is 9.56. The SMILES string of the molecule is COCCOCCOCC(=O)NCCCC[C@H](NC(=O)OC(C)(C)C)C(C)=O. The normalized spacial score (nSPS) is 12.3. The summed E-state index contributed by atoms with van der Waals surface area (Å²) in [5.41, 5.74) is -0.617. The molecule has 164 valence electrons. The minimum Gasteiger partial charge on any atom is -0.444 e. The summed E-state index contributed by atoms with van der Waals surface area (Å²) in [6, 6.07) is -0.591. The fourth-order valence-corrected chi connectivity index (χ4v) is 2.11. The fourth-order valence-electron chi connectivity index (χ4n) is 2.11. The third-order valence-corrected chi connectivity index (χ3v) is 3.46. The number of carbonyl (C=O) groups excluding carboxylic acids is 3. The van der Waals surface area contributed by atoms with Gasteiger partial charge < -0.3 is 29.6 Å². The Morgan fingerprint density at radius 2 is 1.61 bits per heavy atom. The Bertz CT molecular complexity index is 464. The van der Waals surface area contributed by atoms with Crippen LogP contribution in [-0.4, -0.2) is 76.1 Å². The van der Waals surface area contributed by atoms with Gasteiger partial charge in [0.05, 0.1) is 32.5 Å². The highest BCUT2D eigenvalue weighted by Crippen LogP contribution is 2.08. The number of rotatable bonds is 15. The van der Waals surface area contributed by atoms with Gasteiger partial charge in [0.1, 0.15) is 12.2 Å². The Balaban J connectivity index is 3.80. The number of nitrogens with one attached hydrogen (secondary N) is 2. The summed E-state index contributed by atoms with van der Waals surface area (Å²) in [5.74, 6) is -0.331. The van der Waals surface area contributed by atoms with Crippen molar-refractivity contribution < 1.29 is 33.3 Å². The minimum atomic E-state index is -0.617. The Morgan fingerprint density at radius 1 is 0.964 bits per heavy atom. The summed E-state index contributed by atoms with van der Waals surface area (Å²) >= 11 is 0. The van der Waals surface area contributed by atoms with Crippen molar-refractivity contribution in [2.45, 2.75) is 58.6 Å². The molecule has 0 rings (SSSR count). The van der Waals surface area contributed by atoms with Gasteiger partial charge in [0.25, 0.3) is 0 Å². The fraction of sp³-hybridized carbons (Fsp3) is 0.842. The van der Waals surface area contributed by atoms with E-state index in [4.69, 9.17) is 18.9 Å². The van der Waals surface area contributed by atoms with Crippen LogP contribution in [0.1, 0.15) is 47.0 Å². The van der Waals surface area contributed by atoms with E-state index >= 15 is 0 Å². The molecule has 0 fully saturated rings. The number of unbranched alkanes of at least 4 members (excludes halogenated alkanes) is 1. The zero-order valence-electron chi connectivity index (χ0n) is 17.8. The van der Waals surface area contributed by atoms with Gasteiger partial charge in [-0.1, -0.05) is 0 Å². The second-order valence-electron chi connectivity index (χ2n) is 7.31. The van der Waals surface area contributed by atoms with Crippen LogP contribution >= 0.6 is 0 Å². The van der Waals surface area contributed by atoms with E-state index in [1.54, 1.807) is 27.9 Å². The third-order valence-electron chi connectivity index (χ3n) is 3.46. The molecule has 0 aromatic heterocycles. The summed E-state index contributed by atoms with van der Waals surface area (Å²) < 4.78 is 20.4. The molecule has 0 radical (unpaired) electrons. The summed E-state index contributed by atoms with van der Waals surface area (Å²) in [5, 5.41) is 5.33. The average molecular weight is 405 g/mol. The molecule has 0 bridgehead atoms. The van der Waals surface area contributed by atoms with Crippen molar-refractivity contribution in [2.75, 3.05) is 46.7 Å². The number of ether oxygens (including phenoxy) is 4. The molecule has 0 aromatic rings. The molecule has 0 saturated carbocycles. The van der Waals surface area contributed by atoms with Crippen LogP contribution in [0.5, 0.6) is 0 Å². The lowest BCUT2D eigenvalue weighted by atomic mass is 10.1. The first-order valence-electron chi connectivity index (χ1n) is 9.56. The summed E-state index contributed by atoms with van der Waals surface area (Å²) in [4.78, 5) is 35.1. The molecule has 9 nitrogen and oxygen atoms in total. The van der Waals surface area contributed by atoms with Crippen molar-refractivity contribution in [1.82, 2.24) is 10.6 Å². The van der Waals surface area contributed by atoms with E-state index < -0.39 is 17.7 Å². The molecule has 0 heterocycles. The smallest absolute Gasteiger partial charge is 0.408 e. The van der Waals surface area contributed by atoms with E-state index in [1.807, 2.05) is 0 Å². The molecule has 0 unspecified atom stereocenters. The molecule has 0 aromatic carbocycles. The molecule has 2 amide bonds. The van der Waals surface area contributed by atoms with Gasteiger partial charge in [-0.15, -0.1) is 0 Å². The molecule has 0 aliphatic heterocycles. The molecule has 2 N–H and O–H groups in total. The minimum absolute atomic E-state index is 0.0239. The second kappa shape index (κ2) is 15.2. The summed E-state index contributed by atoms with van der Waals surface area (Å²) in [7, 11) is 1.60. The van der Waals surface area contributed by atoms with Gasteiger partial charge in [-0.25, -0.2) is 4.79 Å². The number of amides is 2. The number of alkyl carbamates (subject to hydrolysis) is 1. The maximum atomic E-state index is 11.8. The Hall–Kier alpha value is -1.71. The maximum Gasteiger partial charge on any atom is 0.408 e. The lowest BCUT2D eigenvalue weighted by Crippen LogP contribution is -2.42. The number of hydrogen-bond donors (Lipinski definition) is 2. The van der Waals surface area contributed by atoms with Crippen molar-refractivity contribution in [1.29, 1.82) is 0 Å². The first-order chi connectivity index (χ1) is 13.2. The zero-order chi connectivity index (χ0) is 21.4. The molecule has 28 heavy (non-hydrogen) atoms. The third kappa shape index (κ3) is 16.5. The van der Waals surface area contributed by atoms with Crippen molar-refractivity contribution in [3.05, 3.63) is 0 Å². The van der Waals surface area contributed by atoms with Crippen LogP contribution in [0.4, 0.5) is 4.79 Å².